The lowest BCUT2D eigenvalue weighted by Crippen LogP contribution is -2.42. The van der Waals surface area contributed by atoms with Crippen LogP contribution in [-0.2, 0) is 4.43 Å². The second-order valence-corrected chi connectivity index (χ2v) is 11.0. The molecule has 18 heavy (non-hydrogen) atoms. The van der Waals surface area contributed by atoms with Crippen LogP contribution in [0.3, 0.4) is 0 Å². The molecule has 1 aromatic rings. The second-order valence-electron chi connectivity index (χ2n) is 6.19. The highest BCUT2D eigenvalue weighted by molar-refractivity contribution is 6.74. The van der Waals surface area contributed by atoms with Gasteiger partial charge in [0.05, 0.1) is 12.6 Å². The summed E-state index contributed by atoms with van der Waals surface area (Å²) < 4.78 is 6.26. The summed E-state index contributed by atoms with van der Waals surface area (Å²) in [6.45, 7) is 12.1. The Hall–Kier alpha value is -0.713. The molecule has 1 rings (SSSR count). The number of nitrogens with one attached hydrogen (secondary N) is 1. The van der Waals surface area contributed by atoms with Crippen LogP contribution in [0.1, 0.15) is 32.4 Å². The Labute approximate surface area is 112 Å². The van der Waals surface area contributed by atoms with E-state index in [1.807, 2.05) is 31.6 Å². The number of hydrogen-bond donors (Lipinski definition) is 1. The summed E-state index contributed by atoms with van der Waals surface area (Å²) in [6, 6.07) is 4.31. The Morgan fingerprint density at radius 3 is 2.28 bits per heavy atom. The minimum Gasteiger partial charge on any atom is -0.415 e. The summed E-state index contributed by atoms with van der Waals surface area (Å²) in [5.74, 6) is 0. The molecule has 1 unspecified atom stereocenters. The van der Waals surface area contributed by atoms with Crippen LogP contribution in [0.4, 0.5) is 0 Å². The highest BCUT2D eigenvalue weighted by Gasteiger charge is 2.37. The number of rotatable bonds is 5. The van der Waals surface area contributed by atoms with E-state index in [0.717, 1.165) is 6.61 Å². The van der Waals surface area contributed by atoms with E-state index in [1.54, 1.807) is 0 Å². The molecule has 0 amide bonds. The molecule has 1 heterocycles. The molecule has 1 N–H and O–H groups in total. The first kappa shape index (κ1) is 15.3. The number of pyridine rings is 1. The van der Waals surface area contributed by atoms with Crippen LogP contribution in [0, 0.1) is 0 Å². The third-order valence-corrected chi connectivity index (χ3v) is 8.37. The Bertz CT molecular complexity index is 360. The van der Waals surface area contributed by atoms with Crippen molar-refractivity contribution in [3.8, 4) is 0 Å². The molecule has 4 heteroatoms. The highest BCUT2D eigenvalue weighted by Crippen LogP contribution is 2.37. The lowest BCUT2D eigenvalue weighted by Gasteiger charge is -2.37. The Morgan fingerprint density at radius 1 is 1.28 bits per heavy atom. The maximum atomic E-state index is 6.26. The SMILES string of the molecule is CNC(CO[Si](C)(C)C(C)(C)C)c1ccncc1. The molecule has 0 radical (unpaired) electrons. The van der Waals surface area contributed by atoms with E-state index in [9.17, 15) is 0 Å². The van der Waals surface area contributed by atoms with Gasteiger partial charge in [-0.25, -0.2) is 0 Å². The maximum absolute atomic E-state index is 6.26. The van der Waals surface area contributed by atoms with E-state index in [1.165, 1.54) is 5.56 Å². The Morgan fingerprint density at radius 2 is 1.83 bits per heavy atom. The summed E-state index contributed by atoms with van der Waals surface area (Å²) in [5, 5.41) is 3.57. The van der Waals surface area contributed by atoms with Gasteiger partial charge in [0.25, 0.3) is 0 Å². The zero-order chi connectivity index (χ0) is 13.8. The summed E-state index contributed by atoms with van der Waals surface area (Å²) in [7, 11) is 0.300. The Kier molecular flexibility index (Phi) is 5.07. The fourth-order valence-electron chi connectivity index (χ4n) is 1.45. The molecule has 0 spiro atoms. The minimum atomic E-state index is -1.67. The van der Waals surface area contributed by atoms with Crippen LogP contribution >= 0.6 is 0 Å². The first-order valence-corrected chi connectivity index (χ1v) is 9.40. The number of nitrogens with zero attached hydrogens (tertiary/aromatic N) is 1. The average Bonchev–Trinajstić information content (AvgIpc) is 2.29. The first-order valence-electron chi connectivity index (χ1n) is 6.49. The van der Waals surface area contributed by atoms with Crippen molar-refractivity contribution in [3.05, 3.63) is 30.1 Å². The van der Waals surface area contributed by atoms with Gasteiger partial charge in [-0.1, -0.05) is 20.8 Å². The van der Waals surface area contributed by atoms with Gasteiger partial charge in [0.2, 0.25) is 0 Å². The van der Waals surface area contributed by atoms with Gasteiger partial charge < -0.3 is 9.74 Å². The maximum Gasteiger partial charge on any atom is 0.192 e. The lowest BCUT2D eigenvalue weighted by atomic mass is 10.1. The fraction of sp³-hybridized carbons (Fsp3) is 0.643. The summed E-state index contributed by atoms with van der Waals surface area (Å²) >= 11 is 0. The van der Waals surface area contributed by atoms with Gasteiger partial charge in [-0.05, 0) is 42.9 Å². The van der Waals surface area contributed by atoms with Crippen LogP contribution < -0.4 is 5.32 Å². The predicted molar refractivity (Wildman–Crippen MR) is 79.2 cm³/mol. The molecule has 1 atom stereocenters. The first-order chi connectivity index (χ1) is 8.28. The van der Waals surface area contributed by atoms with Crippen molar-refractivity contribution in [3.63, 3.8) is 0 Å². The molecule has 102 valence electrons. The van der Waals surface area contributed by atoms with Crippen molar-refractivity contribution in [2.75, 3.05) is 13.7 Å². The minimum absolute atomic E-state index is 0.238. The molecule has 1 aromatic heterocycles. The molecule has 0 saturated heterocycles. The van der Waals surface area contributed by atoms with Crippen LogP contribution in [0.25, 0.3) is 0 Å². The van der Waals surface area contributed by atoms with Crippen molar-refractivity contribution in [1.29, 1.82) is 0 Å². The van der Waals surface area contributed by atoms with E-state index >= 15 is 0 Å². The van der Waals surface area contributed by atoms with Crippen molar-refractivity contribution < 1.29 is 4.43 Å². The molecule has 0 bridgehead atoms. The molecule has 0 saturated carbocycles. The molecule has 0 aromatic carbocycles. The van der Waals surface area contributed by atoms with Crippen molar-refractivity contribution in [2.45, 2.75) is 44.9 Å². The molecule has 0 aliphatic heterocycles. The third-order valence-electron chi connectivity index (χ3n) is 3.87. The van der Waals surface area contributed by atoms with Crippen LogP contribution in [0.15, 0.2) is 24.5 Å². The van der Waals surface area contributed by atoms with Crippen LogP contribution in [0.2, 0.25) is 18.1 Å². The van der Waals surface area contributed by atoms with Gasteiger partial charge in [-0.2, -0.15) is 0 Å². The van der Waals surface area contributed by atoms with Crippen molar-refractivity contribution in [1.82, 2.24) is 10.3 Å². The number of likely N-dealkylation sites (N-methyl/N-ethyl adjacent to an activating group) is 1. The van der Waals surface area contributed by atoms with Crippen molar-refractivity contribution >= 4 is 8.32 Å². The van der Waals surface area contributed by atoms with Gasteiger partial charge in [0, 0.05) is 12.4 Å². The summed E-state index contributed by atoms with van der Waals surface area (Å²) in [5.41, 5.74) is 1.23. The van der Waals surface area contributed by atoms with E-state index in [-0.39, 0.29) is 11.1 Å². The van der Waals surface area contributed by atoms with Crippen LogP contribution in [0.5, 0.6) is 0 Å². The van der Waals surface area contributed by atoms with Gasteiger partial charge in [0.1, 0.15) is 0 Å². The van der Waals surface area contributed by atoms with E-state index in [2.05, 4.69) is 44.2 Å². The predicted octanol–water partition coefficient (Wildman–Crippen LogP) is 3.36. The monoisotopic (exact) mass is 266 g/mol. The molecule has 0 aliphatic rings. The molecule has 0 fully saturated rings. The molecular weight excluding hydrogens is 240 g/mol. The topological polar surface area (TPSA) is 34.1 Å². The van der Waals surface area contributed by atoms with Gasteiger partial charge in [-0.15, -0.1) is 0 Å². The third kappa shape index (κ3) is 3.90. The number of aromatic nitrogens is 1. The second kappa shape index (κ2) is 5.95. The summed E-state index contributed by atoms with van der Waals surface area (Å²) in [4.78, 5) is 4.05. The fourth-order valence-corrected chi connectivity index (χ4v) is 2.47. The molecular formula is C14H26N2OSi. The van der Waals surface area contributed by atoms with E-state index in [0.29, 0.717) is 0 Å². The zero-order valence-electron chi connectivity index (χ0n) is 12.4. The quantitative estimate of drug-likeness (QED) is 0.830. The molecule has 0 aliphatic carbocycles. The normalized spacial score (nSPS) is 14.6. The lowest BCUT2D eigenvalue weighted by molar-refractivity contribution is 0.249. The smallest absolute Gasteiger partial charge is 0.192 e. The van der Waals surface area contributed by atoms with Gasteiger partial charge >= 0.3 is 0 Å². The highest BCUT2D eigenvalue weighted by atomic mass is 28.4. The largest absolute Gasteiger partial charge is 0.415 e. The van der Waals surface area contributed by atoms with E-state index < -0.39 is 8.32 Å². The zero-order valence-corrected chi connectivity index (χ0v) is 13.4. The van der Waals surface area contributed by atoms with Crippen molar-refractivity contribution in [2.24, 2.45) is 0 Å². The average molecular weight is 266 g/mol. The standard InChI is InChI=1S/C14H26N2OSi/c1-14(2,3)18(5,6)17-11-13(15-4)12-7-9-16-10-8-12/h7-10,13,15H,11H2,1-6H3. The molecule has 3 nitrogen and oxygen atoms in total. The summed E-state index contributed by atoms with van der Waals surface area (Å²) in [6.07, 6.45) is 3.65. The van der Waals surface area contributed by atoms with Gasteiger partial charge in [0.15, 0.2) is 8.32 Å². The van der Waals surface area contributed by atoms with Crippen LogP contribution in [-0.4, -0.2) is 27.0 Å². The number of hydrogen-bond acceptors (Lipinski definition) is 3. The van der Waals surface area contributed by atoms with E-state index in [4.69, 9.17) is 4.43 Å². The Balaban J connectivity index is 2.67. The van der Waals surface area contributed by atoms with Gasteiger partial charge in [-0.3, -0.25) is 4.98 Å².